The number of para-hydroxylation sites is 1. The molecular weight excluding hydrogens is 242 g/mol. The molecule has 0 fully saturated rings. The molecule has 0 bridgehead atoms. The Morgan fingerprint density at radius 1 is 0.850 bits per heavy atom. The van der Waals surface area contributed by atoms with Crippen molar-refractivity contribution in [3.05, 3.63) is 65.7 Å². The van der Waals surface area contributed by atoms with E-state index in [1.807, 2.05) is 0 Å². The summed E-state index contributed by atoms with van der Waals surface area (Å²) in [5.74, 6) is 1.15. The van der Waals surface area contributed by atoms with Crippen LogP contribution in [0.2, 0.25) is 0 Å². The highest BCUT2D eigenvalue weighted by molar-refractivity contribution is 5.52. The van der Waals surface area contributed by atoms with Crippen molar-refractivity contribution in [1.82, 2.24) is 0 Å². The van der Waals surface area contributed by atoms with Crippen LogP contribution in [0.1, 0.15) is 50.2 Å². The van der Waals surface area contributed by atoms with Gasteiger partial charge in [-0.1, -0.05) is 69.3 Å². The highest BCUT2D eigenvalue weighted by atomic mass is 14.9. The van der Waals surface area contributed by atoms with Crippen LogP contribution in [0.25, 0.3) is 0 Å². The van der Waals surface area contributed by atoms with Crippen molar-refractivity contribution in [3.63, 3.8) is 0 Å². The lowest BCUT2D eigenvalue weighted by atomic mass is 9.97. The molecule has 2 aromatic rings. The lowest BCUT2D eigenvalue weighted by molar-refractivity contribution is 0.705. The summed E-state index contributed by atoms with van der Waals surface area (Å²) < 4.78 is 0. The number of nitrogens with one attached hydrogen (secondary N) is 1. The Kier molecular flexibility index (Phi) is 5.23. The zero-order chi connectivity index (χ0) is 14.4. The molecule has 2 rings (SSSR count). The quantitative estimate of drug-likeness (QED) is 0.737. The zero-order valence-corrected chi connectivity index (χ0v) is 12.8. The maximum atomic E-state index is 3.60. The third-order valence-corrected chi connectivity index (χ3v) is 3.84. The van der Waals surface area contributed by atoms with Crippen molar-refractivity contribution < 1.29 is 0 Å². The van der Waals surface area contributed by atoms with E-state index in [9.17, 15) is 0 Å². The molecule has 1 nitrogen and oxygen atoms in total. The SMILES string of the molecule is CC(C)c1ccccc1NCCC(C)c1ccccc1. The van der Waals surface area contributed by atoms with E-state index < -0.39 is 0 Å². The molecule has 2 aromatic carbocycles. The first kappa shape index (κ1) is 14.6. The molecule has 0 aliphatic rings. The second-order valence-electron chi connectivity index (χ2n) is 5.77. The second-order valence-corrected chi connectivity index (χ2v) is 5.77. The van der Waals surface area contributed by atoms with Gasteiger partial charge in [-0.2, -0.15) is 0 Å². The van der Waals surface area contributed by atoms with Crippen LogP contribution in [0.15, 0.2) is 54.6 Å². The molecule has 0 aliphatic heterocycles. The van der Waals surface area contributed by atoms with Crippen molar-refractivity contribution >= 4 is 5.69 Å². The lowest BCUT2D eigenvalue weighted by Crippen LogP contribution is -2.08. The highest BCUT2D eigenvalue weighted by Gasteiger charge is 2.07. The van der Waals surface area contributed by atoms with Crippen LogP contribution in [0.4, 0.5) is 5.69 Å². The summed E-state index contributed by atoms with van der Waals surface area (Å²) in [6.07, 6.45) is 1.15. The zero-order valence-electron chi connectivity index (χ0n) is 12.8. The number of anilines is 1. The average molecular weight is 267 g/mol. The normalized spacial score (nSPS) is 12.4. The monoisotopic (exact) mass is 267 g/mol. The van der Waals surface area contributed by atoms with Crippen molar-refractivity contribution in [3.8, 4) is 0 Å². The third-order valence-electron chi connectivity index (χ3n) is 3.84. The molecule has 0 saturated heterocycles. The summed E-state index contributed by atoms with van der Waals surface area (Å²) in [6, 6.07) is 19.4. The van der Waals surface area contributed by atoms with E-state index in [1.54, 1.807) is 0 Å². The smallest absolute Gasteiger partial charge is 0.0375 e. The number of benzene rings is 2. The molecule has 0 radical (unpaired) electrons. The molecule has 1 atom stereocenters. The topological polar surface area (TPSA) is 12.0 Å². The van der Waals surface area contributed by atoms with Crippen molar-refractivity contribution in [2.24, 2.45) is 0 Å². The van der Waals surface area contributed by atoms with Gasteiger partial charge in [0.1, 0.15) is 0 Å². The maximum Gasteiger partial charge on any atom is 0.0375 e. The first-order valence-electron chi connectivity index (χ1n) is 7.56. The molecule has 1 N–H and O–H groups in total. The first-order valence-corrected chi connectivity index (χ1v) is 7.56. The van der Waals surface area contributed by atoms with Gasteiger partial charge in [-0.15, -0.1) is 0 Å². The minimum Gasteiger partial charge on any atom is -0.385 e. The third kappa shape index (κ3) is 3.86. The van der Waals surface area contributed by atoms with E-state index in [0.717, 1.165) is 13.0 Å². The second kappa shape index (κ2) is 7.14. The standard InChI is InChI=1S/C19H25N/c1-15(2)18-11-7-8-12-19(18)20-14-13-16(3)17-9-5-4-6-10-17/h4-12,15-16,20H,13-14H2,1-3H3. The Bertz CT molecular complexity index is 516. The summed E-state index contributed by atoms with van der Waals surface area (Å²) >= 11 is 0. The minimum atomic E-state index is 0.560. The highest BCUT2D eigenvalue weighted by Crippen LogP contribution is 2.24. The maximum absolute atomic E-state index is 3.60. The van der Waals surface area contributed by atoms with Crippen LogP contribution in [-0.4, -0.2) is 6.54 Å². The fourth-order valence-corrected chi connectivity index (χ4v) is 2.53. The van der Waals surface area contributed by atoms with Crippen LogP contribution in [0, 0.1) is 0 Å². The molecule has 0 saturated carbocycles. The van der Waals surface area contributed by atoms with Crippen LogP contribution in [0.5, 0.6) is 0 Å². The van der Waals surface area contributed by atoms with E-state index in [2.05, 4.69) is 80.7 Å². The Labute approximate surface area is 123 Å². The van der Waals surface area contributed by atoms with E-state index in [-0.39, 0.29) is 0 Å². The summed E-state index contributed by atoms with van der Waals surface area (Å²) in [4.78, 5) is 0. The first-order chi connectivity index (χ1) is 9.68. The number of hydrogen-bond acceptors (Lipinski definition) is 1. The molecule has 0 aliphatic carbocycles. The summed E-state index contributed by atoms with van der Waals surface area (Å²) in [5, 5.41) is 3.60. The van der Waals surface area contributed by atoms with Gasteiger partial charge in [0.25, 0.3) is 0 Å². The molecule has 0 spiro atoms. The number of hydrogen-bond donors (Lipinski definition) is 1. The molecule has 0 amide bonds. The Morgan fingerprint density at radius 3 is 2.20 bits per heavy atom. The largest absolute Gasteiger partial charge is 0.385 e. The van der Waals surface area contributed by atoms with Crippen LogP contribution >= 0.6 is 0 Å². The van der Waals surface area contributed by atoms with Crippen molar-refractivity contribution in [1.29, 1.82) is 0 Å². The number of rotatable bonds is 6. The van der Waals surface area contributed by atoms with Gasteiger partial charge < -0.3 is 5.32 Å². The Morgan fingerprint density at radius 2 is 1.50 bits per heavy atom. The molecule has 106 valence electrons. The molecule has 1 heteroatoms. The Hall–Kier alpha value is -1.76. The van der Waals surface area contributed by atoms with Crippen molar-refractivity contribution in [2.75, 3.05) is 11.9 Å². The molecule has 0 heterocycles. The van der Waals surface area contributed by atoms with Gasteiger partial charge in [-0.25, -0.2) is 0 Å². The fraction of sp³-hybridized carbons (Fsp3) is 0.368. The van der Waals surface area contributed by atoms with Gasteiger partial charge in [-0.05, 0) is 35.4 Å². The van der Waals surface area contributed by atoms with E-state index >= 15 is 0 Å². The molecule has 1 unspecified atom stereocenters. The van der Waals surface area contributed by atoms with Crippen LogP contribution < -0.4 is 5.32 Å². The average Bonchev–Trinajstić information content (AvgIpc) is 2.48. The van der Waals surface area contributed by atoms with Gasteiger partial charge >= 0.3 is 0 Å². The van der Waals surface area contributed by atoms with E-state index in [0.29, 0.717) is 11.8 Å². The van der Waals surface area contributed by atoms with Crippen molar-refractivity contribution in [2.45, 2.75) is 39.0 Å². The van der Waals surface area contributed by atoms with E-state index in [1.165, 1.54) is 16.8 Å². The van der Waals surface area contributed by atoms with Gasteiger partial charge in [0.05, 0.1) is 0 Å². The lowest BCUT2D eigenvalue weighted by Gasteiger charge is -2.16. The van der Waals surface area contributed by atoms with Gasteiger partial charge in [-0.3, -0.25) is 0 Å². The van der Waals surface area contributed by atoms with Gasteiger partial charge in [0.15, 0.2) is 0 Å². The molecule has 20 heavy (non-hydrogen) atoms. The van der Waals surface area contributed by atoms with Crippen LogP contribution in [-0.2, 0) is 0 Å². The van der Waals surface area contributed by atoms with Gasteiger partial charge in [0, 0.05) is 12.2 Å². The minimum absolute atomic E-state index is 0.560. The summed E-state index contributed by atoms with van der Waals surface area (Å²) in [5.41, 5.74) is 4.11. The Balaban J connectivity index is 1.90. The fourth-order valence-electron chi connectivity index (χ4n) is 2.53. The summed E-state index contributed by atoms with van der Waals surface area (Å²) in [6.45, 7) is 7.80. The van der Waals surface area contributed by atoms with Gasteiger partial charge in [0.2, 0.25) is 0 Å². The van der Waals surface area contributed by atoms with Crippen LogP contribution in [0.3, 0.4) is 0 Å². The summed E-state index contributed by atoms with van der Waals surface area (Å²) in [7, 11) is 0. The molecule has 0 aromatic heterocycles. The predicted molar refractivity (Wildman–Crippen MR) is 88.5 cm³/mol. The van der Waals surface area contributed by atoms with E-state index in [4.69, 9.17) is 0 Å². The predicted octanol–water partition coefficient (Wildman–Crippen LogP) is 5.42. The molecular formula is C19H25N.